The van der Waals surface area contributed by atoms with Gasteiger partial charge >= 0.3 is 5.51 Å². The average Bonchev–Trinajstić information content (AvgIpc) is 2.74. The number of rotatable bonds is 11. The standard InChI is InChI=1S/C21H28F3N3O4S3/c1-15(2)27(3)12-11-16(14-32-17-7-5-4-6-8-17)26-19-10-9-18(34(25,30)31)13-20(19)33(28,29)21(22,23)24/h4-10,13,15-16,26H,11-12,14H2,1-3H3,(H2,25,30,31)/t16-/m1/s1. The fourth-order valence-electron chi connectivity index (χ4n) is 2.89. The molecule has 0 unspecified atom stereocenters. The number of sulfone groups is 1. The number of nitrogens with two attached hydrogens (primary N) is 1. The van der Waals surface area contributed by atoms with Gasteiger partial charge in [0, 0.05) is 29.3 Å². The molecule has 0 aromatic heterocycles. The lowest BCUT2D eigenvalue weighted by Crippen LogP contribution is -2.33. The number of nitrogens with one attached hydrogen (secondary N) is 1. The molecule has 0 spiro atoms. The van der Waals surface area contributed by atoms with Gasteiger partial charge in [-0.3, -0.25) is 0 Å². The summed E-state index contributed by atoms with van der Waals surface area (Å²) in [5.74, 6) is 0.429. The first kappa shape index (κ1) is 28.4. The lowest BCUT2D eigenvalue weighted by molar-refractivity contribution is -0.0435. The fraction of sp³-hybridized carbons (Fsp3) is 0.429. The molecule has 0 saturated carbocycles. The van der Waals surface area contributed by atoms with Crippen LogP contribution in [0.2, 0.25) is 0 Å². The minimum Gasteiger partial charge on any atom is -0.380 e. The summed E-state index contributed by atoms with van der Waals surface area (Å²) in [7, 11) is -8.36. The van der Waals surface area contributed by atoms with Crippen molar-refractivity contribution in [2.45, 2.75) is 52.5 Å². The number of nitrogens with zero attached hydrogens (tertiary/aromatic N) is 1. The lowest BCUT2D eigenvalue weighted by Gasteiger charge is -2.26. The first-order valence-electron chi connectivity index (χ1n) is 10.3. The Morgan fingerprint density at radius 3 is 2.21 bits per heavy atom. The molecule has 0 bridgehead atoms. The highest BCUT2D eigenvalue weighted by molar-refractivity contribution is 7.99. The molecule has 0 heterocycles. The Hall–Kier alpha value is -1.80. The van der Waals surface area contributed by atoms with Gasteiger partial charge in [0.15, 0.2) is 0 Å². The molecule has 34 heavy (non-hydrogen) atoms. The Kier molecular flexibility index (Phi) is 9.44. The molecule has 0 aliphatic rings. The van der Waals surface area contributed by atoms with Crippen LogP contribution in [0.3, 0.4) is 0 Å². The molecule has 2 aromatic rings. The van der Waals surface area contributed by atoms with E-state index in [1.54, 1.807) is 0 Å². The van der Waals surface area contributed by atoms with Crippen LogP contribution in [0.5, 0.6) is 0 Å². The van der Waals surface area contributed by atoms with Crippen molar-refractivity contribution < 1.29 is 30.0 Å². The fourth-order valence-corrected chi connectivity index (χ4v) is 5.45. The molecule has 1 atom stereocenters. The Bertz CT molecular complexity index is 1170. The van der Waals surface area contributed by atoms with Crippen molar-refractivity contribution in [3.05, 3.63) is 48.5 Å². The molecule has 0 aliphatic heterocycles. The van der Waals surface area contributed by atoms with E-state index in [9.17, 15) is 30.0 Å². The Labute approximate surface area is 202 Å². The van der Waals surface area contributed by atoms with Gasteiger partial charge in [0.2, 0.25) is 10.0 Å². The molecule has 0 amide bonds. The summed E-state index contributed by atoms with van der Waals surface area (Å²) in [5.41, 5.74) is -5.96. The molecule has 2 rings (SSSR count). The second-order valence-electron chi connectivity index (χ2n) is 7.98. The zero-order valence-electron chi connectivity index (χ0n) is 18.9. The molecule has 0 aliphatic carbocycles. The number of hydrogen-bond donors (Lipinski definition) is 2. The van der Waals surface area contributed by atoms with E-state index < -0.39 is 41.2 Å². The third-order valence-corrected chi connectivity index (χ3v) is 8.75. The Morgan fingerprint density at radius 2 is 1.68 bits per heavy atom. The summed E-state index contributed by atoms with van der Waals surface area (Å²) >= 11 is 1.47. The van der Waals surface area contributed by atoms with Gasteiger partial charge in [-0.2, -0.15) is 13.2 Å². The van der Waals surface area contributed by atoms with E-state index in [0.29, 0.717) is 24.8 Å². The van der Waals surface area contributed by atoms with Crippen molar-refractivity contribution in [3.63, 3.8) is 0 Å². The van der Waals surface area contributed by atoms with Crippen molar-refractivity contribution in [2.24, 2.45) is 5.14 Å². The maximum absolute atomic E-state index is 13.4. The number of sulfonamides is 1. The molecule has 3 N–H and O–H groups in total. The Balaban J connectivity index is 2.44. The maximum Gasteiger partial charge on any atom is 0.501 e. The van der Waals surface area contributed by atoms with Crippen LogP contribution in [0.4, 0.5) is 18.9 Å². The van der Waals surface area contributed by atoms with Crippen LogP contribution < -0.4 is 10.5 Å². The highest BCUT2D eigenvalue weighted by atomic mass is 32.2. The molecule has 7 nitrogen and oxygen atoms in total. The number of primary sulfonamides is 1. The molecular formula is C21H28F3N3O4S3. The van der Waals surface area contributed by atoms with Crippen molar-refractivity contribution in [2.75, 3.05) is 24.7 Å². The number of halogens is 3. The summed E-state index contributed by atoms with van der Waals surface area (Å²) < 4.78 is 88.0. The number of hydrogen-bond acceptors (Lipinski definition) is 7. The van der Waals surface area contributed by atoms with Crippen LogP contribution in [0.1, 0.15) is 20.3 Å². The molecule has 13 heteroatoms. The number of benzene rings is 2. The molecule has 0 radical (unpaired) electrons. The summed E-state index contributed by atoms with van der Waals surface area (Å²) in [6.07, 6.45) is 0.497. The molecule has 0 fully saturated rings. The van der Waals surface area contributed by atoms with Crippen LogP contribution in [0, 0.1) is 0 Å². The van der Waals surface area contributed by atoms with Gasteiger partial charge in [-0.05, 0) is 57.6 Å². The summed E-state index contributed by atoms with van der Waals surface area (Å²) in [5, 5.41) is 7.92. The predicted octanol–water partition coefficient (Wildman–Crippen LogP) is 3.93. The predicted molar refractivity (Wildman–Crippen MR) is 128 cm³/mol. The summed E-state index contributed by atoms with van der Waals surface area (Å²) in [6, 6.07) is 11.6. The van der Waals surface area contributed by atoms with Gasteiger partial charge in [-0.15, -0.1) is 11.8 Å². The van der Waals surface area contributed by atoms with Crippen LogP contribution in [0.15, 0.2) is 63.2 Å². The number of alkyl halides is 3. The van der Waals surface area contributed by atoms with E-state index in [0.717, 1.165) is 17.0 Å². The first-order chi connectivity index (χ1) is 15.6. The second-order valence-corrected chi connectivity index (χ2v) is 12.5. The zero-order chi connectivity index (χ0) is 25.7. The van der Waals surface area contributed by atoms with Gasteiger partial charge in [0.25, 0.3) is 9.84 Å². The average molecular weight is 540 g/mol. The largest absolute Gasteiger partial charge is 0.501 e. The van der Waals surface area contributed by atoms with Crippen molar-refractivity contribution in [1.82, 2.24) is 4.90 Å². The molecule has 2 aromatic carbocycles. The summed E-state index contributed by atoms with van der Waals surface area (Å²) in [6.45, 7) is 4.60. The topological polar surface area (TPSA) is 110 Å². The van der Waals surface area contributed by atoms with Crippen LogP contribution in [-0.4, -0.2) is 58.7 Å². The highest BCUT2D eigenvalue weighted by Crippen LogP contribution is 2.36. The third kappa shape index (κ3) is 7.60. The van der Waals surface area contributed by atoms with E-state index in [1.165, 1.54) is 11.8 Å². The van der Waals surface area contributed by atoms with Gasteiger partial charge in [-0.1, -0.05) is 18.2 Å². The highest BCUT2D eigenvalue weighted by Gasteiger charge is 2.48. The minimum atomic E-state index is -5.85. The number of anilines is 1. The van der Waals surface area contributed by atoms with E-state index in [1.807, 2.05) is 51.2 Å². The van der Waals surface area contributed by atoms with Crippen molar-refractivity contribution in [1.29, 1.82) is 0 Å². The summed E-state index contributed by atoms with van der Waals surface area (Å²) in [4.78, 5) is 1.09. The molecule has 0 saturated heterocycles. The van der Waals surface area contributed by atoms with Crippen molar-refractivity contribution in [3.8, 4) is 0 Å². The Morgan fingerprint density at radius 1 is 1.06 bits per heavy atom. The number of thioether (sulfide) groups is 1. The maximum atomic E-state index is 13.4. The van der Waals surface area contributed by atoms with E-state index in [2.05, 4.69) is 10.2 Å². The third-order valence-electron chi connectivity index (χ3n) is 5.14. The smallest absolute Gasteiger partial charge is 0.380 e. The quantitative estimate of drug-likeness (QED) is 0.417. The van der Waals surface area contributed by atoms with Gasteiger partial charge in [0.05, 0.1) is 10.6 Å². The van der Waals surface area contributed by atoms with Crippen LogP contribution in [0.25, 0.3) is 0 Å². The normalized spacial score (nSPS) is 13.9. The van der Waals surface area contributed by atoms with E-state index >= 15 is 0 Å². The SMILES string of the molecule is CC(C)N(C)CC[C@H](CSc1ccccc1)Nc1ccc(S(N)(=O)=O)cc1S(=O)(=O)C(F)(F)F. The lowest BCUT2D eigenvalue weighted by atomic mass is 10.2. The zero-order valence-corrected chi connectivity index (χ0v) is 21.4. The van der Waals surface area contributed by atoms with Gasteiger partial charge in [0.1, 0.15) is 4.90 Å². The minimum absolute atomic E-state index is 0.234. The van der Waals surface area contributed by atoms with Gasteiger partial charge in [-0.25, -0.2) is 22.0 Å². The first-order valence-corrected chi connectivity index (χ1v) is 14.3. The van der Waals surface area contributed by atoms with Gasteiger partial charge < -0.3 is 10.2 Å². The van der Waals surface area contributed by atoms with Crippen LogP contribution in [-0.2, 0) is 19.9 Å². The monoisotopic (exact) mass is 539 g/mol. The molecular weight excluding hydrogens is 511 g/mol. The van der Waals surface area contributed by atoms with E-state index in [-0.39, 0.29) is 11.7 Å². The van der Waals surface area contributed by atoms with Crippen LogP contribution >= 0.6 is 11.8 Å². The van der Waals surface area contributed by atoms with Crippen molar-refractivity contribution >= 4 is 37.3 Å². The molecule has 190 valence electrons. The van der Waals surface area contributed by atoms with E-state index in [4.69, 9.17) is 5.14 Å². The second kappa shape index (κ2) is 11.3.